The van der Waals surface area contributed by atoms with Crippen molar-refractivity contribution in [3.8, 4) is 0 Å². The molecule has 6 nitrogen and oxygen atoms in total. The van der Waals surface area contributed by atoms with Crippen molar-refractivity contribution < 1.29 is 14.3 Å². The molecule has 0 aromatic heterocycles. The van der Waals surface area contributed by atoms with Crippen LogP contribution in [0, 0.1) is 0 Å². The molecule has 0 radical (unpaired) electrons. The summed E-state index contributed by atoms with van der Waals surface area (Å²) in [6.45, 7) is 18.0. The van der Waals surface area contributed by atoms with Crippen molar-refractivity contribution in [2.75, 3.05) is 39.3 Å². The van der Waals surface area contributed by atoms with Gasteiger partial charge in [-0.3, -0.25) is 9.80 Å². The molecular weight excluding hydrogens is 494 g/mol. The van der Waals surface area contributed by atoms with Crippen LogP contribution in [-0.4, -0.2) is 83.4 Å². The van der Waals surface area contributed by atoms with Crippen molar-refractivity contribution in [3.63, 3.8) is 0 Å². The number of benzene rings is 1. The molecule has 1 aromatic carbocycles. The molecule has 1 aliphatic carbocycles. The van der Waals surface area contributed by atoms with Gasteiger partial charge in [-0.2, -0.15) is 0 Å². The van der Waals surface area contributed by atoms with E-state index < -0.39 is 5.60 Å². The summed E-state index contributed by atoms with van der Waals surface area (Å²) in [6.07, 6.45) is 3.00. The second-order valence-electron chi connectivity index (χ2n) is 11.5. The summed E-state index contributed by atoms with van der Waals surface area (Å²) in [6, 6.07) is 7.48. The Morgan fingerprint density at radius 1 is 1.18 bits per heavy atom. The van der Waals surface area contributed by atoms with E-state index in [0.717, 1.165) is 63.1 Å². The van der Waals surface area contributed by atoms with Gasteiger partial charge >= 0.3 is 6.09 Å². The van der Waals surface area contributed by atoms with Gasteiger partial charge in [-0.05, 0) is 77.6 Å². The summed E-state index contributed by atoms with van der Waals surface area (Å²) in [4.78, 5) is 19.7. The molecule has 3 atom stereocenters. The molecule has 2 unspecified atom stereocenters. The molecule has 3 aliphatic rings. The molecule has 0 N–H and O–H groups in total. The zero-order chi connectivity index (χ0) is 24.7. The first-order chi connectivity index (χ1) is 16.0. The third kappa shape index (κ3) is 5.48. The molecule has 0 spiro atoms. The van der Waals surface area contributed by atoms with Gasteiger partial charge in [0.1, 0.15) is 5.60 Å². The first kappa shape index (κ1) is 25.9. The molecule has 34 heavy (non-hydrogen) atoms. The fraction of sp³-hybridized carbons (Fsp3) is 0.741. The number of hydrogen-bond donors (Lipinski definition) is 0. The van der Waals surface area contributed by atoms with E-state index in [9.17, 15) is 4.79 Å². The van der Waals surface area contributed by atoms with Gasteiger partial charge in [0.25, 0.3) is 0 Å². The fourth-order valence-corrected chi connectivity index (χ4v) is 6.42. The third-order valence-electron chi connectivity index (χ3n) is 7.87. The molecule has 2 saturated heterocycles. The maximum absolute atomic E-state index is 12.5. The zero-order valence-corrected chi connectivity index (χ0v) is 23.4. The number of halogens is 1. The van der Waals surface area contributed by atoms with E-state index >= 15 is 0 Å². The molecule has 190 valence electrons. The van der Waals surface area contributed by atoms with E-state index in [2.05, 4.69) is 64.7 Å². The number of piperazine rings is 1. The van der Waals surface area contributed by atoms with Gasteiger partial charge in [-0.1, -0.05) is 22.0 Å². The topological polar surface area (TPSA) is 45.2 Å². The molecule has 7 heteroatoms. The maximum Gasteiger partial charge on any atom is 0.410 e. The average molecular weight is 537 g/mol. The molecule has 2 aliphatic heterocycles. The van der Waals surface area contributed by atoms with Crippen LogP contribution in [0.4, 0.5) is 4.79 Å². The van der Waals surface area contributed by atoms with E-state index in [1.165, 1.54) is 11.1 Å². The Kier molecular flexibility index (Phi) is 7.68. The number of hydrogen-bond acceptors (Lipinski definition) is 5. The van der Waals surface area contributed by atoms with Crippen LogP contribution in [-0.2, 0) is 15.9 Å². The molecule has 1 amide bonds. The highest BCUT2D eigenvalue weighted by atomic mass is 79.9. The second kappa shape index (κ2) is 10.1. The van der Waals surface area contributed by atoms with Crippen LogP contribution in [0.3, 0.4) is 0 Å². The largest absolute Gasteiger partial charge is 0.444 e. The van der Waals surface area contributed by atoms with Crippen LogP contribution in [0.1, 0.15) is 71.6 Å². The van der Waals surface area contributed by atoms with Crippen molar-refractivity contribution in [2.45, 2.75) is 90.1 Å². The van der Waals surface area contributed by atoms with Gasteiger partial charge in [-0.15, -0.1) is 0 Å². The summed E-state index contributed by atoms with van der Waals surface area (Å²) < 4.78 is 13.0. The smallest absolute Gasteiger partial charge is 0.410 e. The summed E-state index contributed by atoms with van der Waals surface area (Å²) in [7, 11) is 0. The number of rotatable bonds is 4. The number of nitrogens with zero attached hydrogens (tertiary/aromatic N) is 3. The molecule has 1 aromatic rings. The molecule has 0 saturated carbocycles. The van der Waals surface area contributed by atoms with Crippen molar-refractivity contribution in [2.24, 2.45) is 0 Å². The Bertz CT molecular complexity index is 878. The van der Waals surface area contributed by atoms with E-state index in [-0.39, 0.29) is 17.7 Å². The SMILES string of the molecule is CCOC1Cc2cc(Br)ccc2C1N1CCN(C2(C)CCN(C(=O)OC(C)(C)C)CC2)C[C@@H]1C. The zero-order valence-electron chi connectivity index (χ0n) is 21.8. The average Bonchev–Trinajstić information content (AvgIpc) is 3.10. The van der Waals surface area contributed by atoms with E-state index in [0.29, 0.717) is 12.1 Å². The Labute approximate surface area is 214 Å². The lowest BCUT2D eigenvalue weighted by Crippen LogP contribution is -2.63. The highest BCUT2D eigenvalue weighted by Crippen LogP contribution is 2.41. The second-order valence-corrected chi connectivity index (χ2v) is 12.4. The standard InChI is InChI=1S/C27H42BrN3O3/c1-7-33-23-17-20-16-21(28)8-9-22(20)24(23)31-15-14-30(18-19(31)2)27(6)10-12-29(13-11-27)25(32)34-26(3,4)5/h8-9,16,19,23-24H,7,10-15,17-18H2,1-6H3/t19-,23?,24?/m0/s1. The lowest BCUT2D eigenvalue weighted by molar-refractivity contribution is -0.0652. The van der Waals surface area contributed by atoms with Crippen LogP contribution in [0.5, 0.6) is 0 Å². The highest BCUT2D eigenvalue weighted by Gasteiger charge is 2.44. The van der Waals surface area contributed by atoms with Crippen molar-refractivity contribution in [3.05, 3.63) is 33.8 Å². The Morgan fingerprint density at radius 3 is 2.50 bits per heavy atom. The predicted molar refractivity (Wildman–Crippen MR) is 139 cm³/mol. The maximum atomic E-state index is 12.5. The minimum Gasteiger partial charge on any atom is -0.444 e. The first-order valence-electron chi connectivity index (χ1n) is 12.9. The number of fused-ring (bicyclic) bond motifs is 1. The number of piperidine rings is 1. The molecule has 0 bridgehead atoms. The van der Waals surface area contributed by atoms with Gasteiger partial charge in [0.05, 0.1) is 12.1 Å². The summed E-state index contributed by atoms with van der Waals surface area (Å²) in [5, 5.41) is 0. The Balaban J connectivity index is 1.40. The van der Waals surface area contributed by atoms with E-state index in [4.69, 9.17) is 9.47 Å². The first-order valence-corrected chi connectivity index (χ1v) is 13.7. The van der Waals surface area contributed by atoms with Crippen LogP contribution in [0.2, 0.25) is 0 Å². The highest BCUT2D eigenvalue weighted by molar-refractivity contribution is 9.10. The predicted octanol–water partition coefficient (Wildman–Crippen LogP) is 5.25. The van der Waals surface area contributed by atoms with Crippen molar-refractivity contribution >= 4 is 22.0 Å². The van der Waals surface area contributed by atoms with Gasteiger partial charge in [-0.25, -0.2) is 4.79 Å². The summed E-state index contributed by atoms with van der Waals surface area (Å²) >= 11 is 3.64. The fourth-order valence-electron chi connectivity index (χ4n) is 6.01. The molecular formula is C27H42BrN3O3. The minimum absolute atomic E-state index is 0.122. The van der Waals surface area contributed by atoms with Crippen LogP contribution in [0.15, 0.2) is 22.7 Å². The molecule has 2 heterocycles. The Morgan fingerprint density at radius 2 is 1.88 bits per heavy atom. The van der Waals surface area contributed by atoms with Crippen molar-refractivity contribution in [1.82, 2.24) is 14.7 Å². The van der Waals surface area contributed by atoms with Gasteiger partial charge in [0.2, 0.25) is 0 Å². The van der Waals surface area contributed by atoms with Gasteiger partial charge in [0.15, 0.2) is 0 Å². The van der Waals surface area contributed by atoms with Crippen LogP contribution >= 0.6 is 15.9 Å². The van der Waals surface area contributed by atoms with Crippen LogP contribution in [0.25, 0.3) is 0 Å². The normalized spacial score (nSPS) is 28.1. The minimum atomic E-state index is -0.447. The third-order valence-corrected chi connectivity index (χ3v) is 8.36. The quantitative estimate of drug-likeness (QED) is 0.526. The lowest BCUT2D eigenvalue weighted by Gasteiger charge is -2.53. The van der Waals surface area contributed by atoms with Gasteiger partial charge in [0, 0.05) is 61.8 Å². The molecule has 2 fully saturated rings. The number of amides is 1. The van der Waals surface area contributed by atoms with Gasteiger partial charge < -0.3 is 14.4 Å². The summed E-state index contributed by atoms with van der Waals surface area (Å²) in [5.74, 6) is 0. The monoisotopic (exact) mass is 535 g/mol. The van der Waals surface area contributed by atoms with E-state index in [1.807, 2.05) is 25.7 Å². The number of likely N-dealkylation sites (tertiary alicyclic amines) is 1. The number of ether oxygens (including phenoxy) is 2. The number of carbonyl (C=O) groups excluding carboxylic acids is 1. The van der Waals surface area contributed by atoms with E-state index in [1.54, 1.807) is 0 Å². The number of carbonyl (C=O) groups is 1. The van der Waals surface area contributed by atoms with Crippen molar-refractivity contribution in [1.29, 1.82) is 0 Å². The summed E-state index contributed by atoms with van der Waals surface area (Å²) in [5.41, 5.74) is 2.52. The Hall–Kier alpha value is -1.15. The van der Waals surface area contributed by atoms with Crippen LogP contribution < -0.4 is 0 Å². The molecule has 4 rings (SSSR count). The lowest BCUT2D eigenvalue weighted by atomic mass is 9.86.